The largest absolute Gasteiger partial charge is 0.351 e. The molecule has 18 heavy (non-hydrogen) atoms. The van der Waals surface area contributed by atoms with Crippen molar-refractivity contribution < 1.29 is 8.78 Å². The first-order chi connectivity index (χ1) is 8.61. The van der Waals surface area contributed by atoms with Crippen molar-refractivity contribution in [1.82, 2.24) is 9.29 Å². The van der Waals surface area contributed by atoms with E-state index in [0.717, 1.165) is 18.8 Å². The van der Waals surface area contributed by atoms with Gasteiger partial charge in [-0.15, -0.1) is 0 Å². The van der Waals surface area contributed by atoms with E-state index in [-0.39, 0.29) is 5.82 Å². The average molecular weight is 291 g/mol. The Morgan fingerprint density at radius 1 is 1.39 bits per heavy atom. The van der Waals surface area contributed by atoms with E-state index in [1.54, 1.807) is 21.8 Å². The molecule has 2 heterocycles. The number of hydrogen-bond donors (Lipinski definition) is 0. The number of nitrogens with zero attached hydrogens (tertiary/aromatic N) is 3. The zero-order valence-electron chi connectivity index (χ0n) is 10.3. The maximum absolute atomic E-state index is 13.6. The number of hydrogen-bond acceptors (Lipinski definition) is 5. The Kier molecular flexibility index (Phi) is 4.69. The Labute approximate surface area is 113 Å². The van der Waals surface area contributed by atoms with Crippen LogP contribution in [0.25, 0.3) is 0 Å². The molecule has 3 nitrogen and oxygen atoms in total. The third kappa shape index (κ3) is 3.07. The van der Waals surface area contributed by atoms with Gasteiger partial charge in [0.25, 0.3) is 0 Å². The van der Waals surface area contributed by atoms with Crippen molar-refractivity contribution in [2.75, 3.05) is 30.8 Å². The molecular formula is C11H15F2N3S2. The van der Waals surface area contributed by atoms with Crippen LogP contribution in [0, 0.1) is 11.6 Å². The number of aromatic nitrogens is 1. The Bertz CT molecular complexity index is 419. The molecule has 1 unspecified atom stereocenters. The highest BCUT2D eigenvalue weighted by molar-refractivity contribution is 8.75. The van der Waals surface area contributed by atoms with Gasteiger partial charge in [0.05, 0.1) is 6.20 Å². The predicted octanol–water partition coefficient (Wildman–Crippen LogP) is 2.80. The maximum atomic E-state index is 13.6. The van der Waals surface area contributed by atoms with Crippen LogP contribution in [0.15, 0.2) is 12.3 Å². The van der Waals surface area contributed by atoms with Gasteiger partial charge in [0, 0.05) is 31.7 Å². The van der Waals surface area contributed by atoms with Crippen LogP contribution in [-0.2, 0) is 0 Å². The maximum Gasteiger partial charge on any atom is 0.168 e. The molecule has 0 radical (unpaired) electrons. The molecule has 0 bridgehead atoms. The van der Waals surface area contributed by atoms with E-state index in [9.17, 15) is 8.78 Å². The van der Waals surface area contributed by atoms with Gasteiger partial charge in [0.15, 0.2) is 11.6 Å². The van der Waals surface area contributed by atoms with Gasteiger partial charge in [-0.05, 0) is 24.2 Å². The fourth-order valence-electron chi connectivity index (χ4n) is 1.98. The summed E-state index contributed by atoms with van der Waals surface area (Å²) in [5.41, 5.74) is 0. The number of rotatable bonds is 3. The fraction of sp³-hybridized carbons (Fsp3) is 0.545. The molecule has 100 valence electrons. The van der Waals surface area contributed by atoms with Crippen LogP contribution >= 0.6 is 21.8 Å². The lowest BCUT2D eigenvalue weighted by molar-refractivity contribution is 0.336. The van der Waals surface area contributed by atoms with Gasteiger partial charge in [0.1, 0.15) is 5.82 Å². The Hall–Kier alpha value is -0.530. The minimum absolute atomic E-state index is 0.247. The van der Waals surface area contributed by atoms with Crippen molar-refractivity contribution in [3.63, 3.8) is 0 Å². The second-order valence-corrected chi connectivity index (χ2v) is 6.53. The van der Waals surface area contributed by atoms with Gasteiger partial charge in [0.2, 0.25) is 0 Å². The third-order valence-corrected chi connectivity index (χ3v) is 4.73. The predicted molar refractivity (Wildman–Crippen MR) is 73.6 cm³/mol. The Morgan fingerprint density at radius 2 is 2.17 bits per heavy atom. The molecule has 0 spiro atoms. The monoisotopic (exact) mass is 291 g/mol. The van der Waals surface area contributed by atoms with Crippen molar-refractivity contribution in [3.05, 3.63) is 23.9 Å². The first-order valence-electron chi connectivity index (χ1n) is 5.65. The van der Waals surface area contributed by atoms with Crippen molar-refractivity contribution in [1.29, 1.82) is 0 Å². The van der Waals surface area contributed by atoms with E-state index >= 15 is 0 Å². The fourth-order valence-corrected chi connectivity index (χ4v) is 3.78. The molecule has 1 atom stereocenters. The van der Waals surface area contributed by atoms with Gasteiger partial charge in [-0.2, -0.15) is 0 Å². The van der Waals surface area contributed by atoms with Gasteiger partial charge >= 0.3 is 0 Å². The van der Waals surface area contributed by atoms with Crippen molar-refractivity contribution >= 4 is 27.6 Å². The van der Waals surface area contributed by atoms with Crippen LogP contribution in [0.3, 0.4) is 0 Å². The van der Waals surface area contributed by atoms with Crippen LogP contribution in [0.4, 0.5) is 14.6 Å². The standard InChI is InChI=1S/C11H15F2N3S2/c1-8-7-15(3-4-16(8)18-17-2)11-10(13)5-9(12)6-14-11/h5-6,8H,3-4,7H2,1-2H3. The normalized spacial score (nSPS) is 21.3. The molecular weight excluding hydrogens is 276 g/mol. The van der Waals surface area contributed by atoms with E-state index < -0.39 is 11.6 Å². The van der Waals surface area contributed by atoms with Gasteiger partial charge < -0.3 is 4.90 Å². The second kappa shape index (κ2) is 6.08. The van der Waals surface area contributed by atoms with Crippen molar-refractivity contribution in [2.24, 2.45) is 0 Å². The highest BCUT2D eigenvalue weighted by Crippen LogP contribution is 2.29. The SMILES string of the molecule is CSSN1CCN(c2ncc(F)cc2F)CC1C. The molecule has 1 fully saturated rings. The summed E-state index contributed by atoms with van der Waals surface area (Å²) in [5, 5.41) is 0. The quantitative estimate of drug-likeness (QED) is 0.628. The van der Waals surface area contributed by atoms with E-state index in [4.69, 9.17) is 0 Å². The number of anilines is 1. The molecule has 0 aromatic carbocycles. The summed E-state index contributed by atoms with van der Waals surface area (Å²) in [6.07, 6.45) is 3.09. The molecule has 1 aromatic heterocycles. The minimum atomic E-state index is -0.638. The van der Waals surface area contributed by atoms with Gasteiger partial charge in [-0.3, -0.25) is 0 Å². The molecule has 0 amide bonds. The summed E-state index contributed by atoms with van der Waals surface area (Å²) in [7, 11) is 3.41. The molecule has 0 saturated carbocycles. The van der Waals surface area contributed by atoms with Crippen LogP contribution in [0.5, 0.6) is 0 Å². The van der Waals surface area contributed by atoms with Gasteiger partial charge in [-0.1, -0.05) is 10.8 Å². The molecule has 0 N–H and O–H groups in total. The van der Waals surface area contributed by atoms with E-state index in [0.29, 0.717) is 19.1 Å². The van der Waals surface area contributed by atoms with Crippen molar-refractivity contribution in [3.8, 4) is 0 Å². The van der Waals surface area contributed by atoms with Crippen LogP contribution in [0.2, 0.25) is 0 Å². The Balaban J connectivity index is 2.07. The third-order valence-electron chi connectivity index (χ3n) is 2.82. The molecule has 1 aliphatic heterocycles. The lowest BCUT2D eigenvalue weighted by Crippen LogP contribution is -2.49. The summed E-state index contributed by atoms with van der Waals surface area (Å²) in [6.45, 7) is 4.33. The summed E-state index contributed by atoms with van der Waals surface area (Å²) < 4.78 is 28.7. The van der Waals surface area contributed by atoms with E-state index in [1.165, 1.54) is 0 Å². The molecule has 1 saturated heterocycles. The van der Waals surface area contributed by atoms with Crippen molar-refractivity contribution in [2.45, 2.75) is 13.0 Å². The molecule has 7 heteroatoms. The summed E-state index contributed by atoms with van der Waals surface area (Å²) in [5.74, 6) is -0.980. The second-order valence-electron chi connectivity index (χ2n) is 4.14. The number of piperazine rings is 1. The zero-order chi connectivity index (χ0) is 13.1. The number of pyridine rings is 1. The lowest BCUT2D eigenvalue weighted by atomic mass is 10.2. The smallest absolute Gasteiger partial charge is 0.168 e. The van der Waals surface area contributed by atoms with Gasteiger partial charge in [-0.25, -0.2) is 18.1 Å². The topological polar surface area (TPSA) is 19.4 Å². The highest BCUT2D eigenvalue weighted by Gasteiger charge is 2.26. The molecule has 1 aliphatic rings. The number of halogens is 2. The van der Waals surface area contributed by atoms with Crippen LogP contribution in [-0.4, -0.2) is 41.2 Å². The van der Waals surface area contributed by atoms with Crippen LogP contribution in [0.1, 0.15) is 6.92 Å². The Morgan fingerprint density at radius 3 is 2.78 bits per heavy atom. The zero-order valence-corrected chi connectivity index (χ0v) is 11.9. The molecule has 0 aliphatic carbocycles. The minimum Gasteiger partial charge on any atom is -0.351 e. The molecule has 1 aromatic rings. The lowest BCUT2D eigenvalue weighted by Gasteiger charge is -2.39. The van der Waals surface area contributed by atoms with E-state index in [1.807, 2.05) is 11.2 Å². The molecule has 2 rings (SSSR count). The first kappa shape index (κ1) is 13.9. The van der Waals surface area contributed by atoms with Crippen LogP contribution < -0.4 is 4.90 Å². The summed E-state index contributed by atoms with van der Waals surface area (Å²) in [4.78, 5) is 5.72. The summed E-state index contributed by atoms with van der Waals surface area (Å²) in [6, 6.07) is 1.19. The van der Waals surface area contributed by atoms with E-state index in [2.05, 4.69) is 16.2 Å². The first-order valence-corrected chi connectivity index (χ1v) is 8.16. The summed E-state index contributed by atoms with van der Waals surface area (Å²) >= 11 is 0. The highest BCUT2D eigenvalue weighted by atomic mass is 33.1. The average Bonchev–Trinajstić information content (AvgIpc) is 2.32.